The van der Waals surface area contributed by atoms with Gasteiger partial charge in [-0.15, -0.1) is 0 Å². The molecular weight excluding hydrogens is 271 g/mol. The van der Waals surface area contributed by atoms with E-state index in [0.29, 0.717) is 11.7 Å². The van der Waals surface area contributed by atoms with Crippen LogP contribution in [0.15, 0.2) is 36.7 Å². The summed E-state index contributed by atoms with van der Waals surface area (Å²) in [5, 5.41) is 9.92. The van der Waals surface area contributed by atoms with E-state index in [0.717, 1.165) is 12.8 Å². The molecule has 6 heteroatoms. The number of anilines is 2. The fraction of sp³-hybridized carbons (Fsp3) is 0.333. The minimum absolute atomic E-state index is 0.202. The van der Waals surface area contributed by atoms with Crippen LogP contribution in [0.1, 0.15) is 25.8 Å². The van der Waals surface area contributed by atoms with Crippen molar-refractivity contribution in [3.05, 3.63) is 42.5 Å². The van der Waals surface area contributed by atoms with Crippen LogP contribution in [0.4, 0.5) is 15.8 Å². The van der Waals surface area contributed by atoms with Crippen molar-refractivity contribution in [1.82, 2.24) is 9.78 Å². The lowest BCUT2D eigenvalue weighted by atomic mass is 10.2. The fourth-order valence-electron chi connectivity index (χ4n) is 2.08. The zero-order chi connectivity index (χ0) is 14.8. The van der Waals surface area contributed by atoms with Crippen LogP contribution in [0.2, 0.25) is 0 Å². The van der Waals surface area contributed by atoms with Crippen LogP contribution in [-0.2, 0) is 4.79 Å². The minimum atomic E-state index is -0.506. The summed E-state index contributed by atoms with van der Waals surface area (Å²) >= 11 is 0. The number of carbonyl (C=O) groups is 1. The molecule has 0 aliphatic heterocycles. The monoisotopic (exact) mass is 288 g/mol. The zero-order valence-corrected chi connectivity index (χ0v) is 11.7. The maximum absolute atomic E-state index is 14.0. The summed E-state index contributed by atoms with van der Waals surface area (Å²) < 4.78 is 15.5. The molecule has 5 nitrogen and oxygen atoms in total. The molecule has 1 fully saturated rings. The number of hydrogen-bond acceptors (Lipinski definition) is 3. The number of carbonyl (C=O) groups excluding carboxylic acids is 1. The molecule has 2 aromatic rings. The number of benzene rings is 1. The number of hydrogen-bond donors (Lipinski definition) is 2. The maximum Gasteiger partial charge on any atom is 0.249 e. The van der Waals surface area contributed by atoms with E-state index < -0.39 is 11.9 Å². The first-order valence-electron chi connectivity index (χ1n) is 7.00. The Morgan fingerprint density at radius 1 is 1.43 bits per heavy atom. The summed E-state index contributed by atoms with van der Waals surface area (Å²) in [6.45, 7) is 1.72. The molecule has 1 aliphatic carbocycles. The Morgan fingerprint density at radius 3 is 2.90 bits per heavy atom. The summed E-state index contributed by atoms with van der Waals surface area (Å²) in [5.41, 5.74) is 0.826. The van der Waals surface area contributed by atoms with Gasteiger partial charge in [-0.3, -0.25) is 9.48 Å². The number of amides is 1. The lowest BCUT2D eigenvalue weighted by Crippen LogP contribution is -2.25. The first kappa shape index (κ1) is 13.6. The highest BCUT2D eigenvalue weighted by molar-refractivity contribution is 5.96. The van der Waals surface area contributed by atoms with Crippen LogP contribution in [0, 0.1) is 5.82 Å². The Hall–Kier alpha value is -2.37. The highest BCUT2D eigenvalue weighted by Crippen LogP contribution is 2.31. The van der Waals surface area contributed by atoms with Crippen LogP contribution in [-0.4, -0.2) is 21.7 Å². The lowest BCUT2D eigenvalue weighted by molar-refractivity contribution is -0.119. The molecule has 0 spiro atoms. The third-order valence-electron chi connectivity index (χ3n) is 3.50. The quantitative estimate of drug-likeness (QED) is 0.889. The van der Waals surface area contributed by atoms with E-state index in [-0.39, 0.29) is 11.6 Å². The van der Waals surface area contributed by atoms with Crippen LogP contribution in [0.3, 0.4) is 0 Å². The van der Waals surface area contributed by atoms with Gasteiger partial charge in [0, 0.05) is 18.4 Å². The van der Waals surface area contributed by atoms with Crippen LogP contribution in [0.25, 0.3) is 0 Å². The van der Waals surface area contributed by atoms with Gasteiger partial charge in [0.1, 0.15) is 17.5 Å². The molecule has 0 radical (unpaired) electrons. The van der Waals surface area contributed by atoms with E-state index in [2.05, 4.69) is 15.7 Å². The SMILES string of the molecule is C[C@@H](C(=O)Nc1c(F)cccc1NC1CC1)n1cccn1. The smallest absolute Gasteiger partial charge is 0.249 e. The fourth-order valence-corrected chi connectivity index (χ4v) is 2.08. The maximum atomic E-state index is 14.0. The van der Waals surface area contributed by atoms with Gasteiger partial charge in [-0.05, 0) is 38.0 Å². The summed E-state index contributed by atoms with van der Waals surface area (Å²) in [5.74, 6) is -0.746. The molecule has 0 bridgehead atoms. The molecule has 1 aromatic heterocycles. The molecule has 1 aliphatic rings. The van der Waals surface area contributed by atoms with Gasteiger partial charge in [-0.2, -0.15) is 5.10 Å². The molecule has 1 atom stereocenters. The predicted octanol–water partition coefficient (Wildman–Crippen LogP) is 2.80. The van der Waals surface area contributed by atoms with Crippen LogP contribution in [0.5, 0.6) is 0 Å². The van der Waals surface area contributed by atoms with Gasteiger partial charge in [-0.1, -0.05) is 6.07 Å². The normalized spacial score (nSPS) is 15.5. The first-order chi connectivity index (χ1) is 10.1. The lowest BCUT2D eigenvalue weighted by Gasteiger charge is -2.16. The topological polar surface area (TPSA) is 59.0 Å². The second-order valence-electron chi connectivity index (χ2n) is 5.23. The number of halogens is 1. The minimum Gasteiger partial charge on any atom is -0.381 e. The van der Waals surface area contributed by atoms with Crippen molar-refractivity contribution in [2.45, 2.75) is 31.8 Å². The van der Waals surface area contributed by atoms with Gasteiger partial charge in [-0.25, -0.2) is 4.39 Å². The number of nitrogens with zero attached hydrogens (tertiary/aromatic N) is 2. The van der Waals surface area contributed by atoms with Gasteiger partial charge >= 0.3 is 0 Å². The van der Waals surface area contributed by atoms with E-state index in [9.17, 15) is 9.18 Å². The Kier molecular flexibility index (Phi) is 3.60. The largest absolute Gasteiger partial charge is 0.381 e. The Labute approximate surface area is 122 Å². The number of rotatable bonds is 5. The van der Waals surface area contributed by atoms with Crippen molar-refractivity contribution in [3.8, 4) is 0 Å². The number of aromatic nitrogens is 2. The molecule has 2 N–H and O–H groups in total. The van der Waals surface area contributed by atoms with Crippen molar-refractivity contribution < 1.29 is 9.18 Å². The van der Waals surface area contributed by atoms with Gasteiger partial charge < -0.3 is 10.6 Å². The van der Waals surface area contributed by atoms with E-state index in [4.69, 9.17) is 0 Å². The molecular formula is C15H17FN4O. The van der Waals surface area contributed by atoms with Gasteiger partial charge in [0.15, 0.2) is 0 Å². The van der Waals surface area contributed by atoms with Crippen LogP contribution >= 0.6 is 0 Å². The first-order valence-corrected chi connectivity index (χ1v) is 7.00. The second kappa shape index (κ2) is 5.55. The summed E-state index contributed by atoms with van der Waals surface area (Å²) in [7, 11) is 0. The average Bonchev–Trinajstić information content (AvgIpc) is 3.12. The van der Waals surface area contributed by atoms with Gasteiger partial charge in [0.25, 0.3) is 0 Å². The summed E-state index contributed by atoms with van der Waals surface area (Å²) in [4.78, 5) is 12.3. The van der Waals surface area contributed by atoms with Gasteiger partial charge in [0.05, 0.1) is 5.69 Å². The van der Waals surface area contributed by atoms with Crippen molar-refractivity contribution in [3.63, 3.8) is 0 Å². The van der Waals surface area contributed by atoms with Crippen molar-refractivity contribution in [1.29, 1.82) is 0 Å². The Morgan fingerprint density at radius 2 is 2.24 bits per heavy atom. The number of para-hydroxylation sites is 1. The zero-order valence-electron chi connectivity index (χ0n) is 11.7. The third kappa shape index (κ3) is 3.04. The molecule has 1 amide bonds. The number of nitrogens with one attached hydrogen (secondary N) is 2. The Bertz CT molecular complexity index is 637. The second-order valence-corrected chi connectivity index (χ2v) is 5.23. The highest BCUT2D eigenvalue weighted by Gasteiger charge is 2.24. The standard InChI is InChI=1S/C15H17FN4O/c1-10(20-9-3-8-17-20)15(21)19-14-12(16)4-2-5-13(14)18-11-6-7-11/h2-5,8-11,18H,6-7H2,1H3,(H,19,21)/t10-/m0/s1. The van der Waals surface area contributed by atoms with Crippen LogP contribution < -0.4 is 10.6 Å². The molecule has 110 valence electrons. The summed E-state index contributed by atoms with van der Waals surface area (Å²) in [6, 6.07) is 6.36. The van der Waals surface area contributed by atoms with E-state index in [1.807, 2.05) is 0 Å². The molecule has 3 rings (SSSR count). The van der Waals surface area contributed by atoms with E-state index >= 15 is 0 Å². The molecule has 1 aromatic carbocycles. The van der Waals surface area contributed by atoms with Crippen molar-refractivity contribution in [2.75, 3.05) is 10.6 Å². The van der Waals surface area contributed by atoms with E-state index in [1.54, 1.807) is 37.5 Å². The Balaban J connectivity index is 1.78. The molecule has 0 unspecified atom stereocenters. The summed E-state index contributed by atoms with van der Waals surface area (Å²) in [6.07, 6.45) is 5.46. The molecule has 1 saturated carbocycles. The van der Waals surface area contributed by atoms with Crippen molar-refractivity contribution >= 4 is 17.3 Å². The van der Waals surface area contributed by atoms with Crippen molar-refractivity contribution in [2.24, 2.45) is 0 Å². The predicted molar refractivity (Wildman–Crippen MR) is 78.6 cm³/mol. The van der Waals surface area contributed by atoms with Gasteiger partial charge in [0.2, 0.25) is 5.91 Å². The highest BCUT2D eigenvalue weighted by atomic mass is 19.1. The molecule has 0 saturated heterocycles. The molecule has 1 heterocycles. The third-order valence-corrected chi connectivity index (χ3v) is 3.50. The molecule has 21 heavy (non-hydrogen) atoms. The van der Waals surface area contributed by atoms with E-state index in [1.165, 1.54) is 10.7 Å². The average molecular weight is 288 g/mol.